The maximum atomic E-state index is 12.2. The first-order valence-electron chi connectivity index (χ1n) is 7.74. The van der Waals surface area contributed by atoms with E-state index in [0.717, 1.165) is 42.7 Å². The van der Waals surface area contributed by atoms with Crippen LogP contribution in [0.4, 0.5) is 5.69 Å². The Morgan fingerprint density at radius 2 is 2.05 bits per heavy atom. The van der Waals surface area contributed by atoms with Crippen LogP contribution in [0.3, 0.4) is 0 Å². The van der Waals surface area contributed by atoms with Crippen molar-refractivity contribution in [2.24, 2.45) is 5.73 Å². The van der Waals surface area contributed by atoms with Crippen molar-refractivity contribution in [2.45, 2.75) is 64.5 Å². The Balaban J connectivity index is 1.97. The molecule has 1 aromatic rings. The van der Waals surface area contributed by atoms with E-state index in [0.29, 0.717) is 6.42 Å². The first-order valence-corrected chi connectivity index (χ1v) is 7.74. The van der Waals surface area contributed by atoms with Gasteiger partial charge >= 0.3 is 0 Å². The monoisotopic (exact) mass is 290 g/mol. The van der Waals surface area contributed by atoms with Crippen LogP contribution < -0.4 is 15.8 Å². The number of carbonyl (C=O) groups excluding carboxylic acids is 1. The van der Waals surface area contributed by atoms with E-state index in [-0.39, 0.29) is 17.6 Å². The molecule has 0 atom stereocenters. The summed E-state index contributed by atoms with van der Waals surface area (Å²) in [6.07, 6.45) is 4.69. The highest BCUT2D eigenvalue weighted by Crippen LogP contribution is 2.30. The van der Waals surface area contributed by atoms with E-state index in [1.165, 1.54) is 0 Å². The lowest BCUT2D eigenvalue weighted by Gasteiger charge is -2.23. The largest absolute Gasteiger partial charge is 0.491 e. The molecule has 1 aliphatic rings. The molecule has 4 nitrogen and oxygen atoms in total. The van der Waals surface area contributed by atoms with Gasteiger partial charge in [-0.3, -0.25) is 4.79 Å². The van der Waals surface area contributed by atoms with E-state index in [1.54, 1.807) is 0 Å². The van der Waals surface area contributed by atoms with E-state index < -0.39 is 0 Å². The number of nitrogens with one attached hydrogen (secondary N) is 1. The molecule has 3 N–H and O–H groups in total. The standard InChI is InChI=1S/C17H26N2O2/c1-12(2)21-14-6-7-15(13(3)10-14)19-16(20)11-17(18)8-4-5-9-17/h6-7,10,12H,4-5,8-9,11,18H2,1-3H3,(H,19,20). The number of benzene rings is 1. The summed E-state index contributed by atoms with van der Waals surface area (Å²) in [7, 11) is 0. The zero-order valence-electron chi connectivity index (χ0n) is 13.2. The SMILES string of the molecule is Cc1cc(OC(C)C)ccc1NC(=O)CC1(N)CCCC1. The average Bonchev–Trinajstić information content (AvgIpc) is 2.78. The molecule has 0 bridgehead atoms. The first kappa shape index (κ1) is 15.8. The van der Waals surface area contributed by atoms with Gasteiger partial charge < -0.3 is 15.8 Å². The molecule has 0 radical (unpaired) electrons. The van der Waals surface area contributed by atoms with Gasteiger partial charge in [-0.1, -0.05) is 12.8 Å². The van der Waals surface area contributed by atoms with E-state index in [9.17, 15) is 4.79 Å². The van der Waals surface area contributed by atoms with Gasteiger partial charge in [0.1, 0.15) is 5.75 Å². The molecule has 1 aromatic carbocycles. The van der Waals surface area contributed by atoms with Crippen molar-refractivity contribution >= 4 is 11.6 Å². The Morgan fingerprint density at radius 3 is 2.62 bits per heavy atom. The number of hydrogen-bond donors (Lipinski definition) is 2. The van der Waals surface area contributed by atoms with Gasteiger partial charge in [0.15, 0.2) is 0 Å². The lowest BCUT2D eigenvalue weighted by molar-refractivity contribution is -0.117. The Bertz CT molecular complexity index is 506. The normalized spacial score (nSPS) is 17.0. The summed E-state index contributed by atoms with van der Waals surface area (Å²) in [5.41, 5.74) is 7.77. The smallest absolute Gasteiger partial charge is 0.226 e. The minimum atomic E-state index is -0.307. The van der Waals surface area contributed by atoms with Crippen LogP contribution in [0.25, 0.3) is 0 Å². The van der Waals surface area contributed by atoms with Gasteiger partial charge in [0.05, 0.1) is 6.10 Å². The Hall–Kier alpha value is -1.55. The molecular weight excluding hydrogens is 264 g/mol. The van der Waals surface area contributed by atoms with Crippen molar-refractivity contribution in [2.75, 3.05) is 5.32 Å². The topological polar surface area (TPSA) is 64.3 Å². The molecule has 1 fully saturated rings. The zero-order chi connectivity index (χ0) is 15.5. The number of ether oxygens (including phenoxy) is 1. The summed E-state index contributed by atoms with van der Waals surface area (Å²) in [6, 6.07) is 5.72. The van der Waals surface area contributed by atoms with Crippen LogP contribution in [0.15, 0.2) is 18.2 Å². The number of amides is 1. The molecule has 0 spiro atoms. The number of hydrogen-bond acceptors (Lipinski definition) is 3. The highest BCUT2D eigenvalue weighted by molar-refractivity contribution is 5.92. The van der Waals surface area contributed by atoms with Gasteiger partial charge in [-0.25, -0.2) is 0 Å². The second kappa shape index (κ2) is 6.48. The summed E-state index contributed by atoms with van der Waals surface area (Å²) < 4.78 is 5.65. The molecule has 116 valence electrons. The summed E-state index contributed by atoms with van der Waals surface area (Å²) in [6.45, 7) is 5.96. The minimum absolute atomic E-state index is 0.0000259. The maximum Gasteiger partial charge on any atom is 0.226 e. The highest BCUT2D eigenvalue weighted by Gasteiger charge is 2.31. The third kappa shape index (κ3) is 4.46. The van der Waals surface area contributed by atoms with E-state index in [1.807, 2.05) is 39.0 Å². The number of aryl methyl sites for hydroxylation is 1. The van der Waals surface area contributed by atoms with Crippen molar-refractivity contribution in [3.63, 3.8) is 0 Å². The average molecular weight is 290 g/mol. The van der Waals surface area contributed by atoms with Crippen LogP contribution >= 0.6 is 0 Å². The highest BCUT2D eigenvalue weighted by atomic mass is 16.5. The second-order valence-electron chi connectivity index (χ2n) is 6.44. The molecule has 1 amide bonds. The molecule has 2 rings (SSSR count). The van der Waals surface area contributed by atoms with Gasteiger partial charge in [-0.2, -0.15) is 0 Å². The van der Waals surface area contributed by atoms with Crippen molar-refractivity contribution in [3.8, 4) is 5.75 Å². The van der Waals surface area contributed by atoms with Gasteiger partial charge in [-0.05, 0) is 57.4 Å². The molecule has 21 heavy (non-hydrogen) atoms. The van der Waals surface area contributed by atoms with Crippen LogP contribution in [-0.4, -0.2) is 17.6 Å². The van der Waals surface area contributed by atoms with Crippen LogP contribution in [-0.2, 0) is 4.79 Å². The van der Waals surface area contributed by atoms with Gasteiger partial charge in [0.2, 0.25) is 5.91 Å². The van der Waals surface area contributed by atoms with Crippen LogP contribution in [0.1, 0.15) is 51.5 Å². The first-order chi connectivity index (χ1) is 9.88. The lowest BCUT2D eigenvalue weighted by atomic mass is 9.94. The van der Waals surface area contributed by atoms with Crippen molar-refractivity contribution < 1.29 is 9.53 Å². The predicted octanol–water partition coefficient (Wildman–Crippen LogP) is 3.38. The Kier molecular flexibility index (Phi) is 4.88. The summed E-state index contributed by atoms with van der Waals surface area (Å²) in [5.74, 6) is 0.826. The summed E-state index contributed by atoms with van der Waals surface area (Å²) in [5, 5.41) is 2.97. The minimum Gasteiger partial charge on any atom is -0.491 e. The molecule has 0 saturated heterocycles. The molecule has 0 unspecified atom stereocenters. The Labute approximate surface area is 127 Å². The number of nitrogens with two attached hydrogens (primary N) is 1. The number of anilines is 1. The quantitative estimate of drug-likeness (QED) is 0.873. The van der Waals surface area contributed by atoms with E-state index >= 15 is 0 Å². The van der Waals surface area contributed by atoms with Crippen LogP contribution in [0, 0.1) is 6.92 Å². The number of rotatable bonds is 5. The van der Waals surface area contributed by atoms with Gasteiger partial charge in [0, 0.05) is 17.6 Å². The summed E-state index contributed by atoms with van der Waals surface area (Å²) in [4.78, 5) is 12.2. The fourth-order valence-corrected chi connectivity index (χ4v) is 2.89. The lowest BCUT2D eigenvalue weighted by Crippen LogP contribution is -2.40. The van der Waals surface area contributed by atoms with Crippen molar-refractivity contribution in [1.82, 2.24) is 0 Å². The molecule has 0 aromatic heterocycles. The van der Waals surface area contributed by atoms with Gasteiger partial charge in [-0.15, -0.1) is 0 Å². The molecule has 0 aliphatic heterocycles. The summed E-state index contributed by atoms with van der Waals surface area (Å²) >= 11 is 0. The van der Waals surface area contributed by atoms with Gasteiger partial charge in [0.25, 0.3) is 0 Å². The Morgan fingerprint density at radius 1 is 1.38 bits per heavy atom. The fourth-order valence-electron chi connectivity index (χ4n) is 2.89. The molecule has 4 heteroatoms. The van der Waals surface area contributed by atoms with Crippen LogP contribution in [0.2, 0.25) is 0 Å². The molecule has 1 saturated carbocycles. The second-order valence-corrected chi connectivity index (χ2v) is 6.44. The molecule has 0 heterocycles. The number of carbonyl (C=O) groups is 1. The third-order valence-electron chi connectivity index (χ3n) is 3.96. The maximum absolute atomic E-state index is 12.2. The molecular formula is C17H26N2O2. The fraction of sp³-hybridized carbons (Fsp3) is 0.588. The van der Waals surface area contributed by atoms with E-state index in [4.69, 9.17) is 10.5 Å². The third-order valence-corrected chi connectivity index (χ3v) is 3.96. The van der Waals surface area contributed by atoms with Crippen molar-refractivity contribution in [1.29, 1.82) is 0 Å². The van der Waals surface area contributed by atoms with Crippen molar-refractivity contribution in [3.05, 3.63) is 23.8 Å². The van der Waals surface area contributed by atoms with E-state index in [2.05, 4.69) is 5.32 Å². The zero-order valence-corrected chi connectivity index (χ0v) is 13.2. The predicted molar refractivity (Wildman–Crippen MR) is 85.6 cm³/mol. The molecule has 1 aliphatic carbocycles. The van der Waals surface area contributed by atoms with Crippen LogP contribution in [0.5, 0.6) is 5.75 Å².